The second-order valence-electron chi connectivity index (χ2n) is 2.09. The van der Waals surface area contributed by atoms with Gasteiger partial charge in [-0.2, -0.15) is 0 Å². The minimum Gasteiger partial charge on any atom is -0.339 e. The monoisotopic (exact) mass is 126 g/mol. The molecular weight excluding hydrogens is 116 g/mol. The molecule has 1 fully saturated rings. The summed E-state index contributed by atoms with van der Waals surface area (Å²) in [6.07, 6.45) is 0. The molecule has 0 aromatic heterocycles. The third-order valence-electron chi connectivity index (χ3n) is 1.07. The zero-order chi connectivity index (χ0) is 6.85. The summed E-state index contributed by atoms with van der Waals surface area (Å²) in [5, 5.41) is 16.8. The second kappa shape index (κ2) is 2.05. The molecule has 1 heterocycles. The van der Waals surface area contributed by atoms with Crippen molar-refractivity contribution in [3.05, 3.63) is 0 Å². The highest BCUT2D eigenvalue weighted by atomic mass is 15.4. The van der Waals surface area contributed by atoms with Crippen LogP contribution in [0.15, 0.2) is 0 Å². The van der Waals surface area contributed by atoms with E-state index >= 15 is 0 Å². The maximum absolute atomic E-state index is 7.21. The number of amidine groups is 1. The van der Waals surface area contributed by atoms with E-state index in [0.717, 1.165) is 13.1 Å². The molecule has 4 heteroatoms. The lowest BCUT2D eigenvalue weighted by atomic mass is 10.7. The summed E-state index contributed by atoms with van der Waals surface area (Å²) in [6, 6.07) is 0. The molecule has 0 radical (unpaired) electrons. The van der Waals surface area contributed by atoms with E-state index in [1.807, 2.05) is 4.90 Å². The van der Waals surface area contributed by atoms with Gasteiger partial charge in [0.15, 0.2) is 5.96 Å². The molecule has 0 aromatic carbocycles. The van der Waals surface area contributed by atoms with E-state index in [4.69, 9.17) is 10.8 Å². The molecule has 1 aliphatic heterocycles. The standard InChI is InChI=1S/C5H10N4/c1-4(6)8-5(7)9-2-3-9/h2-3H2,1H3,(H3,6,7,8). The van der Waals surface area contributed by atoms with E-state index in [2.05, 4.69) is 5.32 Å². The molecule has 0 aromatic rings. The molecule has 0 atom stereocenters. The SMILES string of the molecule is CC(=N)NC(=N)N1CC1. The van der Waals surface area contributed by atoms with Gasteiger partial charge >= 0.3 is 0 Å². The van der Waals surface area contributed by atoms with Gasteiger partial charge in [0.05, 0.1) is 5.84 Å². The summed E-state index contributed by atoms with van der Waals surface area (Å²) in [7, 11) is 0. The molecule has 0 amide bonds. The van der Waals surface area contributed by atoms with Gasteiger partial charge in [0.2, 0.25) is 0 Å². The van der Waals surface area contributed by atoms with Crippen molar-refractivity contribution in [1.29, 1.82) is 10.8 Å². The number of hydrogen-bond donors (Lipinski definition) is 3. The Bertz CT molecular complexity index is 147. The van der Waals surface area contributed by atoms with Crippen LogP contribution in [-0.4, -0.2) is 29.8 Å². The summed E-state index contributed by atoms with van der Waals surface area (Å²) in [5.41, 5.74) is 0. The van der Waals surface area contributed by atoms with Crippen LogP contribution in [-0.2, 0) is 0 Å². The maximum Gasteiger partial charge on any atom is 0.196 e. The maximum atomic E-state index is 7.21. The second-order valence-corrected chi connectivity index (χ2v) is 2.09. The predicted molar refractivity (Wildman–Crippen MR) is 35.8 cm³/mol. The zero-order valence-electron chi connectivity index (χ0n) is 5.36. The van der Waals surface area contributed by atoms with Crippen molar-refractivity contribution in [2.75, 3.05) is 13.1 Å². The molecule has 50 valence electrons. The third kappa shape index (κ3) is 1.71. The van der Waals surface area contributed by atoms with Crippen molar-refractivity contribution in [2.24, 2.45) is 0 Å². The van der Waals surface area contributed by atoms with Crippen molar-refractivity contribution in [3.63, 3.8) is 0 Å². The smallest absolute Gasteiger partial charge is 0.196 e. The Kier molecular flexibility index (Phi) is 1.38. The van der Waals surface area contributed by atoms with E-state index in [0.29, 0.717) is 11.8 Å². The quantitative estimate of drug-likeness (QED) is 0.239. The van der Waals surface area contributed by atoms with E-state index < -0.39 is 0 Å². The predicted octanol–water partition coefficient (Wildman–Crippen LogP) is -0.176. The van der Waals surface area contributed by atoms with Crippen LogP contribution in [0.4, 0.5) is 0 Å². The number of nitrogens with zero attached hydrogens (tertiary/aromatic N) is 1. The lowest BCUT2D eigenvalue weighted by Crippen LogP contribution is -2.32. The van der Waals surface area contributed by atoms with Gasteiger partial charge in [-0.15, -0.1) is 0 Å². The lowest BCUT2D eigenvalue weighted by Gasteiger charge is -2.04. The highest BCUT2D eigenvalue weighted by Crippen LogP contribution is 2.00. The minimum atomic E-state index is 0.326. The Balaban J connectivity index is 2.26. The molecule has 0 saturated carbocycles. The summed E-state index contributed by atoms with van der Waals surface area (Å²) < 4.78 is 0. The largest absolute Gasteiger partial charge is 0.339 e. The zero-order valence-corrected chi connectivity index (χ0v) is 5.36. The fourth-order valence-electron chi connectivity index (χ4n) is 0.530. The molecule has 1 saturated heterocycles. The Labute approximate surface area is 53.9 Å². The first-order valence-electron chi connectivity index (χ1n) is 2.86. The van der Waals surface area contributed by atoms with Gasteiger partial charge in [-0.25, -0.2) is 0 Å². The van der Waals surface area contributed by atoms with Gasteiger partial charge in [0.1, 0.15) is 0 Å². The van der Waals surface area contributed by atoms with Gasteiger partial charge in [0, 0.05) is 13.1 Å². The van der Waals surface area contributed by atoms with Gasteiger partial charge in [0.25, 0.3) is 0 Å². The van der Waals surface area contributed by atoms with E-state index in [-0.39, 0.29) is 0 Å². The summed E-state index contributed by atoms with van der Waals surface area (Å²) in [5.74, 6) is 0.675. The van der Waals surface area contributed by atoms with Crippen LogP contribution >= 0.6 is 0 Å². The average Bonchev–Trinajstić information content (AvgIpc) is 2.40. The molecular formula is C5H10N4. The average molecular weight is 126 g/mol. The van der Waals surface area contributed by atoms with Gasteiger partial charge < -0.3 is 10.2 Å². The molecule has 0 aliphatic carbocycles. The minimum absolute atomic E-state index is 0.326. The molecule has 0 unspecified atom stereocenters. The van der Waals surface area contributed by atoms with Crippen LogP contribution in [0.2, 0.25) is 0 Å². The molecule has 0 bridgehead atoms. The number of rotatable bonds is 0. The summed E-state index contributed by atoms with van der Waals surface area (Å²) >= 11 is 0. The molecule has 1 aliphatic rings. The summed E-state index contributed by atoms with van der Waals surface area (Å²) in [4.78, 5) is 1.85. The van der Waals surface area contributed by atoms with Crippen LogP contribution < -0.4 is 5.32 Å². The highest BCUT2D eigenvalue weighted by molar-refractivity contribution is 5.96. The van der Waals surface area contributed by atoms with Gasteiger partial charge in [-0.05, 0) is 6.92 Å². The van der Waals surface area contributed by atoms with E-state index in [1.165, 1.54) is 0 Å². The molecule has 9 heavy (non-hydrogen) atoms. The Morgan fingerprint density at radius 3 is 2.33 bits per heavy atom. The highest BCUT2D eigenvalue weighted by Gasteiger charge is 2.20. The fourth-order valence-corrected chi connectivity index (χ4v) is 0.530. The van der Waals surface area contributed by atoms with Crippen LogP contribution in [0, 0.1) is 10.8 Å². The summed E-state index contributed by atoms with van der Waals surface area (Å²) in [6.45, 7) is 3.54. The Morgan fingerprint density at radius 2 is 2.00 bits per heavy atom. The normalized spacial score (nSPS) is 15.0. The Morgan fingerprint density at radius 1 is 1.44 bits per heavy atom. The fraction of sp³-hybridized carbons (Fsp3) is 0.600. The first kappa shape index (κ1) is 6.07. The third-order valence-corrected chi connectivity index (χ3v) is 1.07. The lowest BCUT2D eigenvalue weighted by molar-refractivity contribution is 0.798. The van der Waals surface area contributed by atoms with E-state index in [1.54, 1.807) is 6.92 Å². The van der Waals surface area contributed by atoms with Crippen LogP contribution in [0.3, 0.4) is 0 Å². The first-order valence-corrected chi connectivity index (χ1v) is 2.86. The van der Waals surface area contributed by atoms with Gasteiger partial charge in [-0.3, -0.25) is 10.8 Å². The number of hydrogen-bond acceptors (Lipinski definition) is 2. The van der Waals surface area contributed by atoms with Crippen molar-refractivity contribution in [1.82, 2.24) is 10.2 Å². The molecule has 1 rings (SSSR count). The van der Waals surface area contributed by atoms with Crippen LogP contribution in [0.25, 0.3) is 0 Å². The number of nitrogens with one attached hydrogen (secondary N) is 3. The van der Waals surface area contributed by atoms with Crippen molar-refractivity contribution >= 4 is 11.8 Å². The van der Waals surface area contributed by atoms with Crippen molar-refractivity contribution in [3.8, 4) is 0 Å². The van der Waals surface area contributed by atoms with Crippen molar-refractivity contribution < 1.29 is 0 Å². The van der Waals surface area contributed by atoms with E-state index in [9.17, 15) is 0 Å². The number of guanidine groups is 1. The van der Waals surface area contributed by atoms with Crippen molar-refractivity contribution in [2.45, 2.75) is 6.92 Å². The molecule has 4 nitrogen and oxygen atoms in total. The Hall–Kier alpha value is -1.06. The van der Waals surface area contributed by atoms with Crippen LogP contribution in [0.1, 0.15) is 6.92 Å². The molecule has 0 spiro atoms. The van der Waals surface area contributed by atoms with Crippen LogP contribution in [0.5, 0.6) is 0 Å². The first-order chi connectivity index (χ1) is 4.20. The topological polar surface area (TPSA) is 62.7 Å². The van der Waals surface area contributed by atoms with Gasteiger partial charge in [-0.1, -0.05) is 0 Å². The molecule has 3 N–H and O–H groups in total.